The van der Waals surface area contributed by atoms with Crippen molar-refractivity contribution in [1.29, 1.82) is 0 Å². The molecule has 1 saturated heterocycles. The van der Waals surface area contributed by atoms with E-state index in [0.717, 1.165) is 19.4 Å². The van der Waals surface area contributed by atoms with Crippen LogP contribution in [0.5, 0.6) is 5.75 Å². The highest BCUT2D eigenvalue weighted by Crippen LogP contribution is 2.28. The lowest BCUT2D eigenvalue weighted by Crippen LogP contribution is -2.29. The lowest BCUT2D eigenvalue weighted by atomic mass is 10.1. The molecule has 1 aliphatic rings. The van der Waals surface area contributed by atoms with E-state index in [0.29, 0.717) is 22.9 Å². The second-order valence-corrected chi connectivity index (χ2v) is 4.46. The van der Waals surface area contributed by atoms with Crippen LogP contribution >= 0.6 is 11.6 Å². The molecule has 98 valence electrons. The molecule has 0 aromatic heterocycles. The summed E-state index contributed by atoms with van der Waals surface area (Å²) in [6.45, 7) is 1.31. The lowest BCUT2D eigenvalue weighted by molar-refractivity contribution is 0.00735. The van der Waals surface area contributed by atoms with Gasteiger partial charge in [0.25, 0.3) is 0 Å². The van der Waals surface area contributed by atoms with E-state index >= 15 is 0 Å². The van der Waals surface area contributed by atoms with Gasteiger partial charge in [-0.15, -0.1) is 0 Å². The van der Waals surface area contributed by atoms with Gasteiger partial charge in [0.1, 0.15) is 11.9 Å². The third-order valence-corrected chi connectivity index (χ3v) is 3.07. The number of oxime groups is 1. The Labute approximate surface area is 110 Å². The summed E-state index contributed by atoms with van der Waals surface area (Å²) in [5.74, 6) is 0.445. The van der Waals surface area contributed by atoms with Gasteiger partial charge < -0.3 is 20.4 Å². The Bertz CT molecular complexity index is 445. The van der Waals surface area contributed by atoms with Crippen molar-refractivity contribution in [3.63, 3.8) is 0 Å². The molecule has 0 amide bonds. The normalized spacial score (nSPS) is 20.7. The Morgan fingerprint density at radius 1 is 1.56 bits per heavy atom. The van der Waals surface area contributed by atoms with Gasteiger partial charge in [0.05, 0.1) is 17.2 Å². The second kappa shape index (κ2) is 5.93. The molecular weight excluding hydrogens is 256 g/mol. The Kier molecular flexibility index (Phi) is 4.28. The van der Waals surface area contributed by atoms with Crippen molar-refractivity contribution in [1.82, 2.24) is 0 Å². The van der Waals surface area contributed by atoms with E-state index in [-0.39, 0.29) is 11.9 Å². The monoisotopic (exact) mass is 270 g/mol. The minimum atomic E-state index is -0.0627. The maximum Gasteiger partial charge on any atom is 0.175 e. The van der Waals surface area contributed by atoms with Gasteiger partial charge in [-0.2, -0.15) is 0 Å². The zero-order valence-electron chi connectivity index (χ0n) is 9.80. The third-order valence-electron chi connectivity index (χ3n) is 2.75. The molecular formula is C12H15ClN2O3. The van der Waals surface area contributed by atoms with Gasteiger partial charge in [0.2, 0.25) is 0 Å². The van der Waals surface area contributed by atoms with Crippen molar-refractivity contribution in [2.45, 2.75) is 18.9 Å². The van der Waals surface area contributed by atoms with Crippen molar-refractivity contribution in [3.8, 4) is 5.75 Å². The number of nitrogens with two attached hydrogens (primary N) is 1. The van der Waals surface area contributed by atoms with Crippen LogP contribution in [0, 0.1) is 0 Å². The first kappa shape index (κ1) is 13.0. The average molecular weight is 271 g/mol. The van der Waals surface area contributed by atoms with Crippen LogP contribution in [-0.2, 0) is 4.74 Å². The topological polar surface area (TPSA) is 77.1 Å². The van der Waals surface area contributed by atoms with E-state index in [4.69, 9.17) is 32.0 Å². The molecule has 1 atom stereocenters. The first-order valence-corrected chi connectivity index (χ1v) is 6.11. The molecule has 0 spiro atoms. The molecule has 1 aliphatic heterocycles. The van der Waals surface area contributed by atoms with Crippen molar-refractivity contribution in [2.75, 3.05) is 13.2 Å². The van der Waals surface area contributed by atoms with E-state index in [1.807, 2.05) is 0 Å². The zero-order valence-corrected chi connectivity index (χ0v) is 10.6. The van der Waals surface area contributed by atoms with E-state index < -0.39 is 0 Å². The van der Waals surface area contributed by atoms with Gasteiger partial charge in [0.15, 0.2) is 5.84 Å². The van der Waals surface area contributed by atoms with Crippen LogP contribution in [0.1, 0.15) is 18.4 Å². The van der Waals surface area contributed by atoms with Gasteiger partial charge in [-0.05, 0) is 25.0 Å². The maximum atomic E-state index is 8.77. The number of hydrogen-bond acceptors (Lipinski definition) is 4. The molecule has 6 heteroatoms. The van der Waals surface area contributed by atoms with Crippen LogP contribution in [-0.4, -0.2) is 30.4 Å². The van der Waals surface area contributed by atoms with Gasteiger partial charge >= 0.3 is 0 Å². The molecule has 5 nitrogen and oxygen atoms in total. The number of ether oxygens (including phenoxy) is 2. The standard InChI is InChI=1S/C12H15ClN2O3/c13-9-4-1-5-10(11(9)12(14)15-16)18-8-3-2-6-17-7-8/h1,4-5,8,16H,2-3,6-7H2,(H2,14,15). The highest BCUT2D eigenvalue weighted by atomic mass is 35.5. The van der Waals surface area contributed by atoms with E-state index in [1.165, 1.54) is 0 Å². The summed E-state index contributed by atoms with van der Waals surface area (Å²) < 4.78 is 11.2. The Balaban J connectivity index is 2.23. The number of amidine groups is 1. The van der Waals surface area contributed by atoms with E-state index in [9.17, 15) is 0 Å². The van der Waals surface area contributed by atoms with Crippen LogP contribution in [0.4, 0.5) is 0 Å². The molecule has 1 unspecified atom stereocenters. The molecule has 0 radical (unpaired) electrons. The summed E-state index contributed by atoms with van der Waals surface area (Å²) in [7, 11) is 0. The number of rotatable bonds is 3. The Morgan fingerprint density at radius 2 is 2.39 bits per heavy atom. The Hall–Kier alpha value is -1.46. The third kappa shape index (κ3) is 2.86. The average Bonchev–Trinajstić information content (AvgIpc) is 2.39. The predicted molar refractivity (Wildman–Crippen MR) is 68.4 cm³/mol. The lowest BCUT2D eigenvalue weighted by Gasteiger charge is -2.24. The molecule has 2 rings (SSSR count). The Morgan fingerprint density at radius 3 is 3.06 bits per heavy atom. The number of halogens is 1. The summed E-state index contributed by atoms with van der Waals surface area (Å²) in [5.41, 5.74) is 6.01. The van der Waals surface area contributed by atoms with Gasteiger partial charge in [-0.25, -0.2) is 0 Å². The van der Waals surface area contributed by atoms with Crippen molar-refractivity contribution in [3.05, 3.63) is 28.8 Å². The summed E-state index contributed by atoms with van der Waals surface area (Å²) in [5, 5.41) is 12.1. The minimum absolute atomic E-state index is 0.0255. The van der Waals surface area contributed by atoms with Crippen molar-refractivity contribution >= 4 is 17.4 Å². The quantitative estimate of drug-likeness (QED) is 0.381. The molecule has 1 aromatic carbocycles. The molecule has 1 fully saturated rings. The van der Waals surface area contributed by atoms with Gasteiger partial charge in [0, 0.05) is 6.61 Å². The SMILES string of the molecule is N/C(=N/O)c1c(Cl)cccc1OC1CCCOC1. The second-order valence-electron chi connectivity index (χ2n) is 4.06. The number of benzene rings is 1. The minimum Gasteiger partial charge on any atom is -0.487 e. The molecule has 1 heterocycles. The molecule has 3 N–H and O–H groups in total. The molecule has 0 saturated carbocycles. The van der Waals surface area contributed by atoms with Crippen LogP contribution in [0.25, 0.3) is 0 Å². The van der Waals surface area contributed by atoms with Gasteiger partial charge in [-0.1, -0.05) is 22.8 Å². The van der Waals surface area contributed by atoms with E-state index in [1.54, 1.807) is 18.2 Å². The highest BCUT2D eigenvalue weighted by molar-refractivity contribution is 6.34. The molecule has 0 bridgehead atoms. The largest absolute Gasteiger partial charge is 0.487 e. The van der Waals surface area contributed by atoms with Crippen LogP contribution < -0.4 is 10.5 Å². The summed E-state index contributed by atoms with van der Waals surface area (Å²) >= 11 is 6.04. The highest BCUT2D eigenvalue weighted by Gasteiger charge is 2.19. The first-order chi connectivity index (χ1) is 8.72. The van der Waals surface area contributed by atoms with Crippen LogP contribution in [0.15, 0.2) is 23.4 Å². The fourth-order valence-electron chi connectivity index (χ4n) is 1.88. The smallest absolute Gasteiger partial charge is 0.175 e. The number of hydrogen-bond donors (Lipinski definition) is 2. The fraction of sp³-hybridized carbons (Fsp3) is 0.417. The summed E-state index contributed by atoms with van der Waals surface area (Å²) in [6.07, 6.45) is 1.86. The number of nitrogens with zero attached hydrogens (tertiary/aromatic N) is 1. The summed E-state index contributed by atoms with van der Waals surface area (Å²) in [6, 6.07) is 5.17. The molecule has 0 aliphatic carbocycles. The summed E-state index contributed by atoms with van der Waals surface area (Å²) in [4.78, 5) is 0. The molecule has 1 aromatic rings. The first-order valence-electron chi connectivity index (χ1n) is 5.73. The van der Waals surface area contributed by atoms with E-state index in [2.05, 4.69) is 5.16 Å². The van der Waals surface area contributed by atoms with Gasteiger partial charge in [-0.3, -0.25) is 0 Å². The fourth-order valence-corrected chi connectivity index (χ4v) is 2.15. The predicted octanol–water partition coefficient (Wildman–Crippen LogP) is 1.99. The van der Waals surface area contributed by atoms with Crippen molar-refractivity contribution < 1.29 is 14.7 Å². The zero-order chi connectivity index (χ0) is 13.0. The van der Waals surface area contributed by atoms with Crippen molar-refractivity contribution in [2.24, 2.45) is 10.9 Å². The maximum absolute atomic E-state index is 8.77. The molecule has 18 heavy (non-hydrogen) atoms. The van der Waals surface area contributed by atoms with Crippen LogP contribution in [0.2, 0.25) is 5.02 Å². The van der Waals surface area contributed by atoms with Crippen LogP contribution in [0.3, 0.4) is 0 Å².